The fraction of sp³-hybridized carbons (Fsp3) is 0.636. The van der Waals surface area contributed by atoms with Crippen molar-refractivity contribution in [1.82, 2.24) is 9.97 Å². The van der Waals surface area contributed by atoms with Crippen LogP contribution in [-0.2, 0) is 5.41 Å². The lowest BCUT2D eigenvalue weighted by molar-refractivity contribution is 0.225. The van der Waals surface area contributed by atoms with Gasteiger partial charge in [-0.15, -0.1) is 0 Å². The van der Waals surface area contributed by atoms with Crippen LogP contribution in [0.4, 0.5) is 0 Å². The summed E-state index contributed by atoms with van der Waals surface area (Å²) in [6, 6.07) is -0.0694. The molecule has 0 bridgehead atoms. The third-order valence-electron chi connectivity index (χ3n) is 3.06. The second-order valence-corrected chi connectivity index (χ2v) is 4.17. The van der Waals surface area contributed by atoms with Gasteiger partial charge in [-0.3, -0.25) is 9.97 Å². The quantitative estimate of drug-likeness (QED) is 0.768. The minimum atomic E-state index is -0.312. The third-order valence-corrected chi connectivity index (χ3v) is 3.06. The van der Waals surface area contributed by atoms with E-state index in [1.807, 2.05) is 20.8 Å². The van der Waals surface area contributed by atoms with Gasteiger partial charge in [0.15, 0.2) is 0 Å². The molecule has 0 aliphatic heterocycles. The summed E-state index contributed by atoms with van der Waals surface area (Å²) in [7, 11) is 0. The molecule has 1 aromatic heterocycles. The molecule has 0 saturated heterocycles. The lowest BCUT2D eigenvalue weighted by Crippen LogP contribution is -2.43. The predicted molar refractivity (Wildman–Crippen MR) is 59.5 cm³/mol. The first-order valence-corrected chi connectivity index (χ1v) is 5.17. The Kier molecular flexibility index (Phi) is 3.77. The normalized spacial score (nSPS) is 17.1. The average Bonchev–Trinajstić information content (AvgIpc) is 2.18. The second kappa shape index (κ2) is 4.68. The number of aromatic nitrogens is 2. The number of hydrogen-bond donors (Lipinski definition) is 2. The monoisotopic (exact) mass is 209 g/mol. The average molecular weight is 209 g/mol. The van der Waals surface area contributed by atoms with Gasteiger partial charge < -0.3 is 10.8 Å². The van der Waals surface area contributed by atoms with Crippen LogP contribution in [0.25, 0.3) is 0 Å². The first-order chi connectivity index (χ1) is 7.02. The number of nitrogens with zero attached hydrogens (tertiary/aromatic N) is 2. The van der Waals surface area contributed by atoms with E-state index in [1.165, 1.54) is 0 Å². The summed E-state index contributed by atoms with van der Waals surface area (Å²) in [4.78, 5) is 8.55. The van der Waals surface area contributed by atoms with Crippen molar-refractivity contribution in [2.75, 3.05) is 6.61 Å². The topological polar surface area (TPSA) is 72.0 Å². The van der Waals surface area contributed by atoms with Crippen LogP contribution in [0.3, 0.4) is 0 Å². The molecule has 0 aliphatic carbocycles. The van der Waals surface area contributed by atoms with Crippen molar-refractivity contribution < 1.29 is 5.11 Å². The van der Waals surface area contributed by atoms with E-state index >= 15 is 0 Å². The largest absolute Gasteiger partial charge is 0.396 e. The minimum absolute atomic E-state index is 0.0694. The molecule has 1 heterocycles. The van der Waals surface area contributed by atoms with E-state index in [-0.39, 0.29) is 18.1 Å². The summed E-state index contributed by atoms with van der Waals surface area (Å²) in [6.07, 6.45) is 3.93. The molecule has 4 nitrogen and oxygen atoms in total. The molecule has 2 atom stereocenters. The molecule has 1 rings (SSSR count). The second-order valence-electron chi connectivity index (χ2n) is 4.17. The first kappa shape index (κ1) is 12.1. The van der Waals surface area contributed by atoms with Crippen LogP contribution >= 0.6 is 0 Å². The highest BCUT2D eigenvalue weighted by Crippen LogP contribution is 2.29. The maximum atomic E-state index is 9.10. The Morgan fingerprint density at radius 1 is 1.47 bits per heavy atom. The zero-order chi connectivity index (χ0) is 11.5. The molecular weight excluding hydrogens is 190 g/mol. The van der Waals surface area contributed by atoms with Crippen LogP contribution in [0.15, 0.2) is 12.4 Å². The Morgan fingerprint density at radius 3 is 2.53 bits per heavy atom. The number of rotatable bonds is 4. The summed E-state index contributed by atoms with van der Waals surface area (Å²) in [5, 5.41) is 9.10. The summed E-state index contributed by atoms with van der Waals surface area (Å²) >= 11 is 0. The van der Waals surface area contributed by atoms with Crippen molar-refractivity contribution in [2.24, 2.45) is 5.73 Å². The molecular formula is C11H19N3O. The first-order valence-electron chi connectivity index (χ1n) is 5.17. The van der Waals surface area contributed by atoms with Gasteiger partial charge in [0.25, 0.3) is 0 Å². The molecule has 4 heteroatoms. The van der Waals surface area contributed by atoms with E-state index in [0.29, 0.717) is 6.42 Å². The number of hydrogen-bond acceptors (Lipinski definition) is 4. The number of aliphatic hydroxyl groups excluding tert-OH is 1. The highest BCUT2D eigenvalue weighted by atomic mass is 16.3. The molecule has 3 N–H and O–H groups in total. The van der Waals surface area contributed by atoms with Gasteiger partial charge in [0, 0.05) is 30.5 Å². The maximum Gasteiger partial charge on any atom is 0.0690 e. The molecule has 0 spiro atoms. The van der Waals surface area contributed by atoms with E-state index < -0.39 is 0 Å². The van der Waals surface area contributed by atoms with Crippen LogP contribution in [0, 0.1) is 6.92 Å². The van der Waals surface area contributed by atoms with Gasteiger partial charge in [-0.2, -0.15) is 0 Å². The van der Waals surface area contributed by atoms with Gasteiger partial charge in [0.05, 0.1) is 11.4 Å². The standard InChI is InChI=1S/C11H19N3O/c1-8-10(14-6-5-13-8)11(3,4-7-15)9(2)12/h5-6,9,15H,4,7,12H2,1-3H3. The molecule has 2 unspecified atom stereocenters. The van der Waals surface area contributed by atoms with Crippen LogP contribution < -0.4 is 5.73 Å². The van der Waals surface area contributed by atoms with Crippen LogP contribution in [0.2, 0.25) is 0 Å². The zero-order valence-corrected chi connectivity index (χ0v) is 9.57. The van der Waals surface area contributed by atoms with Crippen LogP contribution in [-0.4, -0.2) is 27.7 Å². The number of nitrogens with two attached hydrogens (primary N) is 1. The van der Waals surface area contributed by atoms with Crippen molar-refractivity contribution in [2.45, 2.75) is 38.6 Å². The van der Waals surface area contributed by atoms with Gasteiger partial charge >= 0.3 is 0 Å². The summed E-state index contributed by atoms with van der Waals surface area (Å²) in [6.45, 7) is 5.98. The molecule has 15 heavy (non-hydrogen) atoms. The predicted octanol–water partition coefficient (Wildman–Crippen LogP) is 0.772. The molecule has 0 aromatic carbocycles. The van der Waals surface area contributed by atoms with Crippen molar-refractivity contribution in [1.29, 1.82) is 0 Å². The SMILES string of the molecule is Cc1nccnc1C(C)(CCO)C(C)N. The Hall–Kier alpha value is -1.00. The van der Waals surface area contributed by atoms with E-state index in [0.717, 1.165) is 11.4 Å². The lowest BCUT2D eigenvalue weighted by atomic mass is 9.76. The number of aryl methyl sites for hydroxylation is 1. The van der Waals surface area contributed by atoms with E-state index in [2.05, 4.69) is 9.97 Å². The lowest BCUT2D eigenvalue weighted by Gasteiger charge is -2.33. The van der Waals surface area contributed by atoms with Crippen molar-refractivity contribution >= 4 is 0 Å². The highest BCUT2D eigenvalue weighted by molar-refractivity contribution is 5.22. The Bertz CT molecular complexity index is 327. The van der Waals surface area contributed by atoms with E-state index in [1.54, 1.807) is 12.4 Å². The minimum Gasteiger partial charge on any atom is -0.396 e. The summed E-state index contributed by atoms with van der Waals surface area (Å²) in [5.74, 6) is 0. The third kappa shape index (κ3) is 2.33. The zero-order valence-electron chi connectivity index (χ0n) is 9.57. The summed E-state index contributed by atoms with van der Waals surface area (Å²) in [5.41, 5.74) is 7.43. The Labute approximate surface area is 90.6 Å². The molecule has 0 fully saturated rings. The van der Waals surface area contributed by atoms with E-state index in [4.69, 9.17) is 10.8 Å². The molecule has 84 valence electrons. The smallest absolute Gasteiger partial charge is 0.0690 e. The van der Waals surface area contributed by atoms with E-state index in [9.17, 15) is 0 Å². The molecule has 0 aliphatic rings. The highest BCUT2D eigenvalue weighted by Gasteiger charge is 2.33. The summed E-state index contributed by atoms with van der Waals surface area (Å²) < 4.78 is 0. The van der Waals surface area contributed by atoms with Gasteiger partial charge in [-0.25, -0.2) is 0 Å². The van der Waals surface area contributed by atoms with Gasteiger partial charge in [-0.05, 0) is 20.3 Å². The fourth-order valence-electron chi connectivity index (χ4n) is 1.76. The van der Waals surface area contributed by atoms with Crippen LogP contribution in [0.1, 0.15) is 31.7 Å². The van der Waals surface area contributed by atoms with Crippen molar-refractivity contribution in [3.05, 3.63) is 23.8 Å². The van der Waals surface area contributed by atoms with Gasteiger partial charge in [-0.1, -0.05) is 6.92 Å². The van der Waals surface area contributed by atoms with Gasteiger partial charge in [0.2, 0.25) is 0 Å². The maximum absolute atomic E-state index is 9.10. The Balaban J connectivity index is 3.15. The molecule has 1 aromatic rings. The van der Waals surface area contributed by atoms with Crippen LogP contribution in [0.5, 0.6) is 0 Å². The molecule has 0 amide bonds. The Morgan fingerprint density at radius 2 is 2.07 bits per heavy atom. The molecule has 0 saturated carbocycles. The molecule has 0 radical (unpaired) electrons. The van der Waals surface area contributed by atoms with Crippen molar-refractivity contribution in [3.63, 3.8) is 0 Å². The van der Waals surface area contributed by atoms with Gasteiger partial charge in [0.1, 0.15) is 0 Å². The number of aliphatic hydroxyl groups is 1. The fourth-order valence-corrected chi connectivity index (χ4v) is 1.76. The van der Waals surface area contributed by atoms with Crippen molar-refractivity contribution in [3.8, 4) is 0 Å².